The van der Waals surface area contributed by atoms with Gasteiger partial charge in [0.25, 0.3) is 0 Å². The first-order valence-corrected chi connectivity index (χ1v) is 27.2. The Labute approximate surface area is 380 Å². The fourth-order valence-corrected chi connectivity index (χ4v) is 8.34. The average Bonchev–Trinajstić information content (AvgIpc) is 3.23. The molecule has 0 saturated carbocycles. The molecule has 0 aliphatic rings. The third-order valence-electron chi connectivity index (χ3n) is 12.5. The van der Waals surface area contributed by atoms with Crippen LogP contribution in [-0.4, -0.2) is 37.2 Å². The Balaban J connectivity index is 4.24. The summed E-state index contributed by atoms with van der Waals surface area (Å²) >= 11 is 0. The van der Waals surface area contributed by atoms with Crippen LogP contribution in [0, 0.1) is 11.8 Å². The fraction of sp³-hybridized carbons (Fsp3) is 0.945. The minimum atomic E-state index is -0.762. The highest BCUT2D eigenvalue weighted by molar-refractivity contribution is 5.71. The zero-order chi connectivity index (χ0) is 44.7. The van der Waals surface area contributed by atoms with Crippen molar-refractivity contribution in [1.82, 2.24) is 0 Å². The summed E-state index contributed by atoms with van der Waals surface area (Å²) in [6.45, 7) is 11.3. The zero-order valence-corrected chi connectivity index (χ0v) is 41.8. The van der Waals surface area contributed by atoms with Crippen LogP contribution >= 0.6 is 0 Å². The molecule has 6 heteroatoms. The molecule has 0 heterocycles. The highest BCUT2D eigenvalue weighted by Crippen LogP contribution is 2.18. The molecule has 6 nitrogen and oxygen atoms in total. The van der Waals surface area contributed by atoms with E-state index in [2.05, 4.69) is 34.6 Å². The van der Waals surface area contributed by atoms with Crippen molar-refractivity contribution in [3.8, 4) is 0 Å². The topological polar surface area (TPSA) is 78.9 Å². The summed E-state index contributed by atoms with van der Waals surface area (Å²) < 4.78 is 16.8. The Bertz CT molecular complexity index is 931. The van der Waals surface area contributed by atoms with Gasteiger partial charge in [0.05, 0.1) is 0 Å². The van der Waals surface area contributed by atoms with Crippen LogP contribution in [0.3, 0.4) is 0 Å². The zero-order valence-electron chi connectivity index (χ0n) is 41.8. The van der Waals surface area contributed by atoms with Crippen molar-refractivity contribution >= 4 is 17.9 Å². The first kappa shape index (κ1) is 59.4. The summed E-state index contributed by atoms with van der Waals surface area (Å²) in [6.07, 6.45) is 49.6. The summed E-state index contributed by atoms with van der Waals surface area (Å²) in [5.41, 5.74) is 0. The second-order valence-electron chi connectivity index (χ2n) is 19.8. The molecule has 0 aliphatic heterocycles. The van der Waals surface area contributed by atoms with Crippen LogP contribution in [0.1, 0.15) is 304 Å². The lowest BCUT2D eigenvalue weighted by Crippen LogP contribution is -2.30. The first-order valence-electron chi connectivity index (χ1n) is 27.2. The van der Waals surface area contributed by atoms with E-state index in [0.717, 1.165) is 69.6 Å². The largest absolute Gasteiger partial charge is 0.462 e. The molecular formula is C55H106O6. The molecule has 0 N–H and O–H groups in total. The van der Waals surface area contributed by atoms with Crippen LogP contribution in [0.5, 0.6) is 0 Å². The monoisotopic (exact) mass is 863 g/mol. The van der Waals surface area contributed by atoms with Gasteiger partial charge in [0.2, 0.25) is 0 Å². The van der Waals surface area contributed by atoms with E-state index in [1.54, 1.807) is 0 Å². The van der Waals surface area contributed by atoms with E-state index >= 15 is 0 Å². The molecule has 0 amide bonds. The van der Waals surface area contributed by atoms with Crippen molar-refractivity contribution in [3.05, 3.63) is 0 Å². The molecule has 0 aliphatic carbocycles. The van der Waals surface area contributed by atoms with Crippen molar-refractivity contribution in [3.63, 3.8) is 0 Å². The molecule has 61 heavy (non-hydrogen) atoms. The molecule has 0 aromatic heterocycles. The van der Waals surface area contributed by atoms with Gasteiger partial charge < -0.3 is 14.2 Å². The molecular weight excluding hydrogens is 757 g/mol. The van der Waals surface area contributed by atoms with Crippen molar-refractivity contribution < 1.29 is 28.6 Å². The van der Waals surface area contributed by atoms with Gasteiger partial charge in [-0.1, -0.05) is 266 Å². The number of unbranched alkanes of at least 4 members (excludes halogenated alkanes) is 34. The highest BCUT2D eigenvalue weighted by atomic mass is 16.6. The molecule has 0 rings (SSSR count). The lowest BCUT2D eigenvalue weighted by molar-refractivity contribution is -0.167. The second kappa shape index (κ2) is 47.9. The minimum absolute atomic E-state index is 0.0641. The number of carbonyl (C=O) groups excluding carboxylic acids is 3. The third-order valence-corrected chi connectivity index (χ3v) is 12.5. The number of hydrogen-bond donors (Lipinski definition) is 0. The molecule has 0 aromatic carbocycles. The summed E-state index contributed by atoms with van der Waals surface area (Å²) in [4.78, 5) is 38.0. The minimum Gasteiger partial charge on any atom is -0.462 e. The number of ether oxygens (including phenoxy) is 3. The van der Waals surface area contributed by atoms with Gasteiger partial charge in [0.1, 0.15) is 13.2 Å². The number of rotatable bonds is 49. The van der Waals surface area contributed by atoms with Gasteiger partial charge in [-0.2, -0.15) is 0 Å². The molecule has 0 radical (unpaired) electrons. The van der Waals surface area contributed by atoms with Crippen molar-refractivity contribution in [2.24, 2.45) is 11.8 Å². The molecule has 362 valence electrons. The molecule has 0 bridgehead atoms. The smallest absolute Gasteiger partial charge is 0.306 e. The van der Waals surface area contributed by atoms with Crippen molar-refractivity contribution in [1.29, 1.82) is 0 Å². The van der Waals surface area contributed by atoms with E-state index in [1.165, 1.54) is 193 Å². The summed E-state index contributed by atoms with van der Waals surface area (Å²) in [6, 6.07) is 0. The Morgan fingerprint density at radius 3 is 0.803 bits per heavy atom. The Morgan fingerprint density at radius 2 is 0.541 bits per heavy atom. The lowest BCUT2D eigenvalue weighted by Gasteiger charge is -2.18. The van der Waals surface area contributed by atoms with Crippen LogP contribution in [-0.2, 0) is 28.6 Å². The van der Waals surface area contributed by atoms with Crippen LogP contribution in [0.4, 0.5) is 0 Å². The first-order chi connectivity index (χ1) is 29.7. The maximum absolute atomic E-state index is 12.8. The van der Waals surface area contributed by atoms with Crippen molar-refractivity contribution in [2.75, 3.05) is 13.2 Å². The number of hydrogen-bond acceptors (Lipinski definition) is 6. The molecule has 0 fully saturated rings. The molecule has 0 aromatic rings. The van der Waals surface area contributed by atoms with Crippen LogP contribution in [0.15, 0.2) is 0 Å². The van der Waals surface area contributed by atoms with E-state index in [4.69, 9.17) is 14.2 Å². The van der Waals surface area contributed by atoms with Crippen LogP contribution in [0.25, 0.3) is 0 Å². The SMILES string of the molecule is CCCCCCCCCCCCCCCCCCCC(=O)O[C@@H](COC(=O)CCCCCCCCCCCCCCCCC(C)C)COC(=O)CCCCCCCCC(C)C. The second-order valence-corrected chi connectivity index (χ2v) is 19.8. The van der Waals surface area contributed by atoms with Crippen LogP contribution in [0.2, 0.25) is 0 Å². The van der Waals surface area contributed by atoms with Gasteiger partial charge in [-0.3, -0.25) is 14.4 Å². The molecule has 1 atom stereocenters. The van der Waals surface area contributed by atoms with E-state index < -0.39 is 6.10 Å². The average molecular weight is 863 g/mol. The Hall–Kier alpha value is -1.59. The number of carbonyl (C=O) groups is 3. The predicted octanol–water partition coefficient (Wildman–Crippen LogP) is 17.7. The van der Waals surface area contributed by atoms with E-state index in [-0.39, 0.29) is 31.1 Å². The van der Waals surface area contributed by atoms with Gasteiger partial charge >= 0.3 is 17.9 Å². The van der Waals surface area contributed by atoms with E-state index in [9.17, 15) is 14.4 Å². The number of esters is 3. The standard InChI is InChI=1S/C55H106O6/c1-6-7-8-9-10-11-12-13-14-15-16-21-24-27-30-37-42-47-55(58)61-52(49-60-54(57)46-41-36-32-31-34-39-44-51(4)5)48-59-53(56)45-40-35-29-26-23-20-18-17-19-22-25-28-33-38-43-50(2)3/h50-52H,6-49H2,1-5H3/t52-/m0/s1. The van der Waals surface area contributed by atoms with Gasteiger partial charge in [-0.25, -0.2) is 0 Å². The van der Waals surface area contributed by atoms with E-state index in [0.29, 0.717) is 19.3 Å². The van der Waals surface area contributed by atoms with Gasteiger partial charge in [0.15, 0.2) is 6.10 Å². The van der Waals surface area contributed by atoms with Crippen molar-refractivity contribution in [2.45, 2.75) is 310 Å². The molecule has 0 unspecified atom stereocenters. The molecule has 0 spiro atoms. The van der Waals surface area contributed by atoms with Crippen LogP contribution < -0.4 is 0 Å². The molecule has 0 saturated heterocycles. The van der Waals surface area contributed by atoms with E-state index in [1.807, 2.05) is 0 Å². The fourth-order valence-electron chi connectivity index (χ4n) is 8.34. The quantitative estimate of drug-likeness (QED) is 0.0344. The maximum Gasteiger partial charge on any atom is 0.306 e. The maximum atomic E-state index is 12.8. The third kappa shape index (κ3) is 49.3. The predicted molar refractivity (Wildman–Crippen MR) is 261 cm³/mol. The Morgan fingerprint density at radius 1 is 0.311 bits per heavy atom. The summed E-state index contributed by atoms with van der Waals surface area (Å²) in [5.74, 6) is 0.759. The normalized spacial score (nSPS) is 12.0. The van der Waals surface area contributed by atoms with Gasteiger partial charge in [-0.05, 0) is 31.1 Å². The van der Waals surface area contributed by atoms with Gasteiger partial charge in [-0.15, -0.1) is 0 Å². The van der Waals surface area contributed by atoms with Gasteiger partial charge in [0, 0.05) is 19.3 Å². The summed E-state index contributed by atoms with van der Waals surface area (Å²) in [5, 5.41) is 0. The Kier molecular flexibility index (Phi) is 46.6. The highest BCUT2D eigenvalue weighted by Gasteiger charge is 2.19. The summed E-state index contributed by atoms with van der Waals surface area (Å²) in [7, 11) is 0. The lowest BCUT2D eigenvalue weighted by atomic mass is 10.0.